The lowest BCUT2D eigenvalue weighted by Crippen LogP contribution is -2.11. The van der Waals surface area contributed by atoms with E-state index in [1.807, 2.05) is 24.3 Å². The van der Waals surface area contributed by atoms with E-state index in [1.54, 1.807) is 0 Å². The molecule has 122 valence electrons. The number of hydrogen-bond donors (Lipinski definition) is 0. The van der Waals surface area contributed by atoms with E-state index in [4.69, 9.17) is 21.1 Å². The molecule has 0 saturated heterocycles. The minimum Gasteiger partial charge on any atom is -0.466 e. The topological polar surface area (TPSA) is 52.6 Å². The van der Waals surface area contributed by atoms with Crippen LogP contribution in [0.5, 0.6) is 0 Å². The minimum atomic E-state index is -0.396. The zero-order valence-corrected chi connectivity index (χ0v) is 13.7. The molecule has 0 amide bonds. The summed E-state index contributed by atoms with van der Waals surface area (Å²) in [6.45, 7) is 2.71. The molecule has 0 N–H and O–H groups in total. The Morgan fingerprint density at radius 3 is 2.14 bits per heavy atom. The van der Waals surface area contributed by atoms with Gasteiger partial charge in [-0.1, -0.05) is 44.0 Å². The van der Waals surface area contributed by atoms with Crippen molar-refractivity contribution in [1.29, 1.82) is 0 Å². The summed E-state index contributed by atoms with van der Waals surface area (Å²) in [4.78, 5) is 23.0. The number of esters is 2. The predicted octanol–water partition coefficient (Wildman–Crippen LogP) is 3.98. The summed E-state index contributed by atoms with van der Waals surface area (Å²) in [6, 6.07) is 7.52. The van der Waals surface area contributed by atoms with Crippen molar-refractivity contribution in [1.82, 2.24) is 0 Å². The smallest absolute Gasteiger partial charge is 0.306 e. The first-order valence-corrected chi connectivity index (χ1v) is 8.14. The molecule has 0 aliphatic rings. The first-order valence-electron chi connectivity index (χ1n) is 7.60. The van der Waals surface area contributed by atoms with Gasteiger partial charge in [-0.3, -0.25) is 9.59 Å². The van der Waals surface area contributed by atoms with Crippen LogP contribution in [0.25, 0.3) is 0 Å². The fraction of sp³-hybridized carbons (Fsp3) is 0.529. The number of alkyl halides is 1. The molecular weight excluding hydrogens is 304 g/mol. The van der Waals surface area contributed by atoms with E-state index >= 15 is 0 Å². The molecule has 0 fully saturated rings. The highest BCUT2D eigenvalue weighted by Gasteiger charge is 2.09. The van der Waals surface area contributed by atoms with Gasteiger partial charge in [0.2, 0.25) is 0 Å². The second kappa shape index (κ2) is 11.1. The Kier molecular flexibility index (Phi) is 9.31. The molecule has 0 heterocycles. The van der Waals surface area contributed by atoms with Gasteiger partial charge in [-0.05, 0) is 17.5 Å². The summed E-state index contributed by atoms with van der Waals surface area (Å²) in [7, 11) is 0. The van der Waals surface area contributed by atoms with Crippen molar-refractivity contribution < 1.29 is 19.1 Å². The second-order valence-corrected chi connectivity index (χ2v) is 5.31. The Balaban J connectivity index is 2.16. The average molecular weight is 327 g/mol. The molecule has 0 bridgehead atoms. The lowest BCUT2D eigenvalue weighted by Gasteiger charge is -2.06. The van der Waals surface area contributed by atoms with Crippen LogP contribution in [0, 0.1) is 0 Å². The molecule has 0 saturated carbocycles. The van der Waals surface area contributed by atoms with Gasteiger partial charge in [-0.15, -0.1) is 11.6 Å². The van der Waals surface area contributed by atoms with Crippen LogP contribution in [0.2, 0.25) is 0 Å². The SMILES string of the molecule is CCCCCOC(=O)CCC(=O)OCc1ccc(CCl)cc1. The number of unbranched alkanes of at least 4 members (excludes halogenated alkanes) is 2. The lowest BCUT2D eigenvalue weighted by molar-refractivity contribution is -0.151. The molecule has 1 aromatic carbocycles. The second-order valence-electron chi connectivity index (χ2n) is 5.04. The van der Waals surface area contributed by atoms with E-state index in [-0.39, 0.29) is 25.4 Å². The van der Waals surface area contributed by atoms with Gasteiger partial charge in [-0.2, -0.15) is 0 Å². The van der Waals surface area contributed by atoms with Gasteiger partial charge >= 0.3 is 11.9 Å². The Hall–Kier alpha value is -1.55. The van der Waals surface area contributed by atoms with Gasteiger partial charge in [0.05, 0.1) is 19.4 Å². The Morgan fingerprint density at radius 2 is 1.55 bits per heavy atom. The highest BCUT2D eigenvalue weighted by Crippen LogP contribution is 2.08. The van der Waals surface area contributed by atoms with Crippen molar-refractivity contribution in [2.75, 3.05) is 6.61 Å². The van der Waals surface area contributed by atoms with Gasteiger partial charge in [-0.25, -0.2) is 0 Å². The van der Waals surface area contributed by atoms with Crippen LogP contribution in [-0.4, -0.2) is 18.5 Å². The van der Waals surface area contributed by atoms with Crippen molar-refractivity contribution in [2.45, 2.75) is 51.5 Å². The van der Waals surface area contributed by atoms with Crippen LogP contribution in [-0.2, 0) is 31.5 Å². The van der Waals surface area contributed by atoms with Crippen LogP contribution in [0.15, 0.2) is 24.3 Å². The average Bonchev–Trinajstić information content (AvgIpc) is 2.55. The van der Waals surface area contributed by atoms with Crippen molar-refractivity contribution in [2.24, 2.45) is 0 Å². The van der Waals surface area contributed by atoms with Crippen LogP contribution < -0.4 is 0 Å². The van der Waals surface area contributed by atoms with E-state index in [9.17, 15) is 9.59 Å². The highest BCUT2D eigenvalue weighted by molar-refractivity contribution is 6.17. The van der Waals surface area contributed by atoms with E-state index in [1.165, 1.54) is 0 Å². The third-order valence-electron chi connectivity index (χ3n) is 3.12. The third kappa shape index (κ3) is 8.03. The summed E-state index contributed by atoms with van der Waals surface area (Å²) >= 11 is 5.70. The summed E-state index contributed by atoms with van der Waals surface area (Å²) in [5.74, 6) is -0.285. The number of ether oxygens (including phenoxy) is 2. The molecule has 1 rings (SSSR count). The lowest BCUT2D eigenvalue weighted by atomic mass is 10.2. The van der Waals surface area contributed by atoms with Crippen molar-refractivity contribution in [3.05, 3.63) is 35.4 Å². The summed E-state index contributed by atoms with van der Waals surface area (Å²) in [5.41, 5.74) is 1.91. The van der Waals surface area contributed by atoms with E-state index < -0.39 is 5.97 Å². The van der Waals surface area contributed by atoms with Gasteiger partial charge < -0.3 is 9.47 Å². The zero-order valence-electron chi connectivity index (χ0n) is 13.0. The number of carbonyl (C=O) groups excluding carboxylic acids is 2. The van der Waals surface area contributed by atoms with Crippen LogP contribution in [0.3, 0.4) is 0 Å². The highest BCUT2D eigenvalue weighted by atomic mass is 35.5. The maximum absolute atomic E-state index is 11.6. The number of rotatable bonds is 10. The van der Waals surface area contributed by atoms with Gasteiger partial charge in [0.1, 0.15) is 6.61 Å². The largest absolute Gasteiger partial charge is 0.466 e. The first kappa shape index (κ1) is 18.5. The number of halogens is 1. The van der Waals surface area contributed by atoms with Gasteiger partial charge in [0, 0.05) is 5.88 Å². The molecule has 0 radical (unpaired) electrons. The van der Waals surface area contributed by atoms with Crippen molar-refractivity contribution in [3.8, 4) is 0 Å². The fourth-order valence-electron chi connectivity index (χ4n) is 1.77. The van der Waals surface area contributed by atoms with Crippen LogP contribution in [0.4, 0.5) is 0 Å². The minimum absolute atomic E-state index is 0.0480. The zero-order chi connectivity index (χ0) is 16.2. The number of hydrogen-bond acceptors (Lipinski definition) is 4. The molecule has 0 aliphatic carbocycles. The van der Waals surface area contributed by atoms with E-state index in [2.05, 4.69) is 6.92 Å². The first-order chi connectivity index (χ1) is 10.7. The molecule has 5 heteroatoms. The molecule has 0 spiro atoms. The molecule has 0 aromatic heterocycles. The predicted molar refractivity (Wildman–Crippen MR) is 85.5 cm³/mol. The molecule has 0 atom stereocenters. The Labute approximate surface area is 136 Å². The quantitative estimate of drug-likeness (QED) is 0.371. The monoisotopic (exact) mass is 326 g/mol. The van der Waals surface area contributed by atoms with Crippen molar-refractivity contribution in [3.63, 3.8) is 0 Å². The van der Waals surface area contributed by atoms with E-state index in [0.717, 1.165) is 30.4 Å². The standard InChI is InChI=1S/C17H23ClO4/c1-2-3-4-11-21-16(19)9-10-17(20)22-13-15-7-5-14(12-18)6-8-15/h5-8H,2-4,9-13H2,1H3. The molecular formula is C17H23ClO4. The molecule has 22 heavy (non-hydrogen) atoms. The van der Waals surface area contributed by atoms with Crippen LogP contribution >= 0.6 is 11.6 Å². The van der Waals surface area contributed by atoms with E-state index in [0.29, 0.717) is 12.5 Å². The molecule has 1 aromatic rings. The fourth-order valence-corrected chi connectivity index (χ4v) is 1.95. The number of carbonyl (C=O) groups is 2. The summed E-state index contributed by atoms with van der Waals surface area (Å²) in [6.07, 6.45) is 3.10. The summed E-state index contributed by atoms with van der Waals surface area (Å²) < 4.78 is 10.1. The summed E-state index contributed by atoms with van der Waals surface area (Å²) in [5, 5.41) is 0. The third-order valence-corrected chi connectivity index (χ3v) is 3.43. The molecule has 0 unspecified atom stereocenters. The number of benzene rings is 1. The normalized spacial score (nSPS) is 10.3. The van der Waals surface area contributed by atoms with Crippen LogP contribution in [0.1, 0.15) is 50.2 Å². The maximum atomic E-state index is 11.6. The Morgan fingerprint density at radius 1 is 0.955 bits per heavy atom. The van der Waals surface area contributed by atoms with Crippen molar-refractivity contribution >= 4 is 23.5 Å². The Bertz CT molecular complexity index is 456. The molecule has 0 aliphatic heterocycles. The van der Waals surface area contributed by atoms with Gasteiger partial charge in [0.25, 0.3) is 0 Å². The molecule has 4 nitrogen and oxygen atoms in total. The van der Waals surface area contributed by atoms with Gasteiger partial charge in [0.15, 0.2) is 0 Å². The maximum Gasteiger partial charge on any atom is 0.306 e.